The van der Waals surface area contributed by atoms with E-state index in [1.165, 1.54) is 24.3 Å². The lowest BCUT2D eigenvalue weighted by Gasteiger charge is -2.35. The van der Waals surface area contributed by atoms with Gasteiger partial charge in [-0.05, 0) is 78.8 Å². The summed E-state index contributed by atoms with van der Waals surface area (Å²) in [7, 11) is 0. The summed E-state index contributed by atoms with van der Waals surface area (Å²) in [6.07, 6.45) is -0.0167. The van der Waals surface area contributed by atoms with E-state index in [2.05, 4.69) is 0 Å². The predicted molar refractivity (Wildman–Crippen MR) is 139 cm³/mol. The highest BCUT2D eigenvalue weighted by molar-refractivity contribution is 5.85. The minimum absolute atomic E-state index is 0. The van der Waals surface area contributed by atoms with Crippen LogP contribution in [0.15, 0.2) is 66.7 Å². The molecule has 0 aliphatic carbocycles. The van der Waals surface area contributed by atoms with E-state index in [-0.39, 0.29) is 24.0 Å². The highest BCUT2D eigenvalue weighted by Crippen LogP contribution is 2.31. The Labute approximate surface area is 222 Å². The fourth-order valence-corrected chi connectivity index (χ4v) is 5.11. The maximum atomic E-state index is 13.5. The van der Waals surface area contributed by atoms with Crippen LogP contribution in [0, 0.1) is 11.6 Å². The fraction of sp³-hybridized carbons (Fsp3) is 0.379. The average Bonchev–Trinajstić information content (AvgIpc) is 2.88. The minimum atomic E-state index is -0.796. The third kappa shape index (κ3) is 6.79. The normalized spacial score (nSPS) is 20.0. The SMILES string of the molecule is Cl.O[C@H](CN(Cc1ccccc1)C[C@@H](O)[C@@H]1CCc2cc(F)ccc2O1)[C@@H]1CCc2cc(F)ccc2O1. The molecule has 2 aliphatic heterocycles. The second-order valence-electron chi connectivity index (χ2n) is 9.71. The molecule has 0 spiro atoms. The standard InChI is InChI=1S/C29H31F2NO4.ClH/c30-22-8-12-26-20(14-22)6-10-28(35-26)24(33)17-32(16-19-4-2-1-3-5-19)18-25(34)29-11-7-21-15-23(31)9-13-27(21)36-29;/h1-5,8-9,12-15,24-25,28-29,33-34H,6-7,10-11,16-18H2;1H/t24-,25-,28+,29+;/m1./s1. The van der Waals surface area contributed by atoms with E-state index < -0.39 is 24.4 Å². The zero-order valence-corrected chi connectivity index (χ0v) is 21.2. The van der Waals surface area contributed by atoms with E-state index in [4.69, 9.17) is 9.47 Å². The Morgan fingerprint density at radius 2 is 1.24 bits per heavy atom. The molecule has 0 aromatic heterocycles. The molecule has 0 amide bonds. The van der Waals surface area contributed by atoms with Crippen molar-refractivity contribution in [2.24, 2.45) is 0 Å². The number of aryl methyl sites for hydroxylation is 2. The summed E-state index contributed by atoms with van der Waals surface area (Å²) >= 11 is 0. The number of benzene rings is 3. The van der Waals surface area contributed by atoms with Gasteiger partial charge in [-0.15, -0.1) is 12.4 Å². The first-order chi connectivity index (χ1) is 17.4. The molecule has 3 aromatic carbocycles. The molecule has 0 saturated heterocycles. The van der Waals surface area contributed by atoms with E-state index in [1.54, 1.807) is 12.1 Å². The van der Waals surface area contributed by atoms with Crippen molar-refractivity contribution in [3.8, 4) is 11.5 Å². The Morgan fingerprint density at radius 1 is 0.757 bits per heavy atom. The van der Waals surface area contributed by atoms with Gasteiger partial charge in [0.1, 0.15) is 47.5 Å². The van der Waals surface area contributed by atoms with Crippen molar-refractivity contribution in [1.82, 2.24) is 4.90 Å². The molecule has 0 radical (unpaired) electrons. The molecule has 3 aromatic rings. The lowest BCUT2D eigenvalue weighted by atomic mass is 9.97. The third-order valence-electron chi connectivity index (χ3n) is 7.00. The van der Waals surface area contributed by atoms with Crippen molar-refractivity contribution >= 4 is 12.4 Å². The summed E-state index contributed by atoms with van der Waals surface area (Å²) in [6.45, 7) is 1.13. The lowest BCUT2D eigenvalue weighted by Crippen LogP contribution is -2.48. The second-order valence-corrected chi connectivity index (χ2v) is 9.71. The number of hydrogen-bond acceptors (Lipinski definition) is 5. The summed E-state index contributed by atoms with van der Waals surface area (Å²) < 4.78 is 39.1. The molecule has 0 bridgehead atoms. The Bertz CT molecular complexity index is 1110. The Hall–Kier alpha value is -2.71. The van der Waals surface area contributed by atoms with E-state index in [9.17, 15) is 19.0 Å². The zero-order chi connectivity index (χ0) is 25.1. The lowest BCUT2D eigenvalue weighted by molar-refractivity contribution is -0.0295. The van der Waals surface area contributed by atoms with Gasteiger partial charge in [0.15, 0.2) is 0 Å². The molecule has 0 unspecified atom stereocenters. The summed E-state index contributed by atoms with van der Waals surface area (Å²) in [6, 6.07) is 18.8. The molecule has 37 heavy (non-hydrogen) atoms. The van der Waals surface area contributed by atoms with Gasteiger partial charge in [0.2, 0.25) is 0 Å². The van der Waals surface area contributed by atoms with Crippen LogP contribution in [0.5, 0.6) is 11.5 Å². The first kappa shape index (κ1) is 27.3. The Kier molecular flexibility index (Phi) is 9.03. The number of hydrogen-bond donors (Lipinski definition) is 2. The molecule has 198 valence electrons. The van der Waals surface area contributed by atoms with Crippen LogP contribution in [0.2, 0.25) is 0 Å². The number of rotatable bonds is 8. The van der Waals surface area contributed by atoms with Gasteiger partial charge < -0.3 is 19.7 Å². The first-order valence-electron chi connectivity index (χ1n) is 12.5. The summed E-state index contributed by atoms with van der Waals surface area (Å²) in [4.78, 5) is 2.01. The number of aliphatic hydroxyl groups is 2. The predicted octanol–water partition coefficient (Wildman–Crippen LogP) is 4.70. The Morgan fingerprint density at radius 3 is 1.73 bits per heavy atom. The minimum Gasteiger partial charge on any atom is -0.487 e. The summed E-state index contributed by atoms with van der Waals surface area (Å²) in [5, 5.41) is 22.2. The van der Waals surface area contributed by atoms with Crippen LogP contribution in [0.25, 0.3) is 0 Å². The molecule has 0 fully saturated rings. The summed E-state index contributed by atoms with van der Waals surface area (Å²) in [5.74, 6) is 0.619. The van der Waals surface area contributed by atoms with Gasteiger partial charge in [-0.2, -0.15) is 0 Å². The van der Waals surface area contributed by atoms with Gasteiger partial charge in [-0.3, -0.25) is 4.90 Å². The van der Waals surface area contributed by atoms with Crippen molar-refractivity contribution in [2.45, 2.75) is 56.6 Å². The van der Waals surface area contributed by atoms with E-state index >= 15 is 0 Å². The fourth-order valence-electron chi connectivity index (χ4n) is 5.11. The number of ether oxygens (including phenoxy) is 2. The third-order valence-corrected chi connectivity index (χ3v) is 7.00. The number of aliphatic hydroxyl groups excluding tert-OH is 2. The van der Waals surface area contributed by atoms with E-state index in [1.807, 2.05) is 35.2 Å². The molecule has 2 heterocycles. The molecular formula is C29H32ClF2NO4. The maximum Gasteiger partial charge on any atom is 0.126 e. The van der Waals surface area contributed by atoms with Gasteiger partial charge in [0.05, 0.1) is 0 Å². The van der Waals surface area contributed by atoms with Crippen LogP contribution in [0.1, 0.15) is 29.5 Å². The highest BCUT2D eigenvalue weighted by Gasteiger charge is 2.32. The molecule has 0 saturated carbocycles. The van der Waals surface area contributed by atoms with Crippen LogP contribution >= 0.6 is 12.4 Å². The van der Waals surface area contributed by atoms with Crippen LogP contribution in [0.3, 0.4) is 0 Å². The second kappa shape index (κ2) is 12.2. The number of nitrogens with zero attached hydrogens (tertiary/aromatic N) is 1. The van der Waals surface area contributed by atoms with Gasteiger partial charge in [0.25, 0.3) is 0 Å². The van der Waals surface area contributed by atoms with Gasteiger partial charge in [-0.25, -0.2) is 8.78 Å². The van der Waals surface area contributed by atoms with Crippen LogP contribution in [0.4, 0.5) is 8.78 Å². The van der Waals surface area contributed by atoms with Crippen LogP contribution < -0.4 is 9.47 Å². The van der Waals surface area contributed by atoms with Crippen molar-refractivity contribution in [3.05, 3.63) is 95.1 Å². The highest BCUT2D eigenvalue weighted by atomic mass is 35.5. The molecular weight excluding hydrogens is 500 g/mol. The molecule has 4 atom stereocenters. The van der Waals surface area contributed by atoms with E-state index in [0.717, 1.165) is 16.7 Å². The molecule has 8 heteroatoms. The zero-order valence-electron chi connectivity index (χ0n) is 20.4. The van der Waals surface area contributed by atoms with Crippen LogP contribution in [-0.4, -0.2) is 52.6 Å². The molecule has 5 rings (SSSR count). The monoisotopic (exact) mass is 531 g/mol. The molecule has 2 aliphatic rings. The Balaban J connectivity index is 0.00000320. The summed E-state index contributed by atoms with van der Waals surface area (Å²) in [5.41, 5.74) is 2.68. The van der Waals surface area contributed by atoms with Crippen molar-refractivity contribution in [3.63, 3.8) is 0 Å². The van der Waals surface area contributed by atoms with Gasteiger partial charge in [0, 0.05) is 19.6 Å². The van der Waals surface area contributed by atoms with Crippen molar-refractivity contribution in [2.75, 3.05) is 13.1 Å². The largest absolute Gasteiger partial charge is 0.487 e. The quantitative estimate of drug-likeness (QED) is 0.441. The van der Waals surface area contributed by atoms with Gasteiger partial charge >= 0.3 is 0 Å². The topological polar surface area (TPSA) is 62.2 Å². The average molecular weight is 532 g/mol. The smallest absolute Gasteiger partial charge is 0.126 e. The van der Waals surface area contributed by atoms with Crippen molar-refractivity contribution < 1.29 is 28.5 Å². The number of halogens is 3. The first-order valence-corrected chi connectivity index (χ1v) is 12.5. The van der Waals surface area contributed by atoms with Crippen molar-refractivity contribution in [1.29, 1.82) is 0 Å². The number of fused-ring (bicyclic) bond motifs is 2. The molecule has 2 N–H and O–H groups in total. The van der Waals surface area contributed by atoms with Crippen LogP contribution in [-0.2, 0) is 19.4 Å². The van der Waals surface area contributed by atoms with Gasteiger partial charge in [-0.1, -0.05) is 30.3 Å². The molecule has 5 nitrogen and oxygen atoms in total. The maximum absolute atomic E-state index is 13.5. The van der Waals surface area contributed by atoms with E-state index in [0.29, 0.717) is 56.8 Å².